The molecule has 0 spiro atoms. The lowest BCUT2D eigenvalue weighted by Gasteiger charge is -2.29. The Kier molecular flexibility index (Phi) is 9.32. The van der Waals surface area contributed by atoms with Crippen LogP contribution in [0.2, 0.25) is 5.02 Å². The molecule has 0 saturated carbocycles. The molecule has 0 saturated heterocycles. The third kappa shape index (κ3) is 7.12. The van der Waals surface area contributed by atoms with Crippen LogP contribution < -0.4 is 15.0 Å². The Morgan fingerprint density at radius 1 is 1.09 bits per heavy atom. The minimum absolute atomic E-state index is 0.0636. The normalized spacial score (nSPS) is 12.8. The maximum atomic E-state index is 13.4. The minimum Gasteiger partial charge on any atom is -0.492 e. The third-order valence-corrected chi connectivity index (χ3v) is 9.92. The molecule has 2 aromatic heterocycles. The number of halogens is 1. The van der Waals surface area contributed by atoms with Crippen LogP contribution in [0.15, 0.2) is 60.7 Å². The number of rotatable bonds is 11. The highest BCUT2D eigenvalue weighted by atomic mass is 35.5. The molecule has 3 heterocycles. The number of aromatic carboxylic acids is 1. The average Bonchev–Trinajstić information content (AvgIpc) is 3.63. The van der Waals surface area contributed by atoms with E-state index in [4.69, 9.17) is 16.3 Å². The van der Waals surface area contributed by atoms with Crippen LogP contribution in [0.5, 0.6) is 5.75 Å². The highest BCUT2D eigenvalue weighted by Crippen LogP contribution is 2.34. The number of amides is 1. The van der Waals surface area contributed by atoms with E-state index in [1.165, 1.54) is 22.7 Å². The molecule has 9 nitrogen and oxygen atoms in total. The van der Waals surface area contributed by atoms with E-state index >= 15 is 0 Å². The van der Waals surface area contributed by atoms with Gasteiger partial charge in [-0.05, 0) is 80.4 Å². The Labute approximate surface area is 274 Å². The van der Waals surface area contributed by atoms with Crippen molar-refractivity contribution in [3.8, 4) is 5.75 Å². The Morgan fingerprint density at radius 3 is 2.71 bits per heavy atom. The second kappa shape index (κ2) is 13.5. The fourth-order valence-electron chi connectivity index (χ4n) is 5.40. The molecule has 0 unspecified atom stereocenters. The van der Waals surface area contributed by atoms with Crippen molar-refractivity contribution >= 4 is 66.6 Å². The molecule has 0 atom stereocenters. The fraction of sp³-hybridized carbons (Fsp3) is 0.273. The van der Waals surface area contributed by atoms with E-state index < -0.39 is 5.97 Å². The van der Waals surface area contributed by atoms with Gasteiger partial charge >= 0.3 is 5.97 Å². The number of carbonyl (C=O) groups excluding carboxylic acids is 1. The van der Waals surface area contributed by atoms with Gasteiger partial charge in [-0.15, -0.1) is 11.3 Å². The Morgan fingerprint density at radius 2 is 1.93 bits per heavy atom. The number of carbonyl (C=O) groups is 2. The molecule has 0 radical (unpaired) electrons. The zero-order valence-corrected chi connectivity index (χ0v) is 27.3. The molecule has 2 N–H and O–H groups in total. The van der Waals surface area contributed by atoms with E-state index in [1.54, 1.807) is 0 Å². The second-order valence-electron chi connectivity index (χ2n) is 11.1. The van der Waals surface area contributed by atoms with Gasteiger partial charge in [0.25, 0.3) is 5.91 Å². The first kappa shape index (κ1) is 31.0. The number of nitrogens with one attached hydrogen (secondary N) is 1. The van der Waals surface area contributed by atoms with E-state index in [0.29, 0.717) is 64.0 Å². The molecule has 3 aromatic carbocycles. The van der Waals surface area contributed by atoms with Crippen molar-refractivity contribution in [1.82, 2.24) is 14.9 Å². The maximum absolute atomic E-state index is 13.4. The number of nitrogens with zero attached hydrogens (tertiary/aromatic N) is 4. The van der Waals surface area contributed by atoms with Crippen LogP contribution in [0.3, 0.4) is 0 Å². The molecule has 0 aliphatic carbocycles. The summed E-state index contributed by atoms with van der Waals surface area (Å²) in [5.74, 6) is -0.662. The predicted molar refractivity (Wildman–Crippen MR) is 181 cm³/mol. The van der Waals surface area contributed by atoms with Gasteiger partial charge < -0.3 is 19.6 Å². The average molecular weight is 662 g/mol. The van der Waals surface area contributed by atoms with E-state index in [9.17, 15) is 14.7 Å². The predicted octanol–water partition coefficient (Wildman–Crippen LogP) is 6.99. The molecular weight excluding hydrogens is 630 g/mol. The Bertz CT molecular complexity index is 1840. The summed E-state index contributed by atoms with van der Waals surface area (Å²) in [6.07, 6.45) is 1.84. The SMILES string of the molecule is CN(C)Cc1ccc(OCCCc2sc(N3CCc4cccc(C(=O)Nc5nc6ccccc6s5)c4C3)nc2C(=O)O)c(Cl)c1. The van der Waals surface area contributed by atoms with Crippen molar-refractivity contribution in [2.75, 3.05) is 37.5 Å². The van der Waals surface area contributed by atoms with Crippen molar-refractivity contribution in [3.63, 3.8) is 0 Å². The fourth-order valence-corrected chi connectivity index (χ4v) is 7.63. The van der Waals surface area contributed by atoms with Crippen LogP contribution in [0, 0.1) is 0 Å². The molecule has 0 fully saturated rings. The van der Waals surface area contributed by atoms with Gasteiger partial charge in [-0.25, -0.2) is 14.8 Å². The molecule has 12 heteroatoms. The highest BCUT2D eigenvalue weighted by Gasteiger charge is 2.26. The lowest BCUT2D eigenvalue weighted by atomic mass is 9.94. The molecule has 45 heavy (non-hydrogen) atoms. The Balaban J connectivity index is 1.12. The number of benzene rings is 3. The molecule has 0 bridgehead atoms. The van der Waals surface area contributed by atoms with Crippen LogP contribution in [0.4, 0.5) is 10.3 Å². The number of thiazole rings is 2. The summed E-state index contributed by atoms with van der Waals surface area (Å²) in [6.45, 7) is 2.31. The number of carboxylic acids is 1. The first-order valence-corrected chi connectivity index (χ1v) is 16.6. The van der Waals surface area contributed by atoms with Gasteiger partial charge in [0.2, 0.25) is 0 Å². The number of anilines is 2. The minimum atomic E-state index is -1.05. The monoisotopic (exact) mass is 661 g/mol. The zero-order valence-electron chi connectivity index (χ0n) is 24.9. The number of carboxylic acid groups (broad SMARTS) is 1. The number of ether oxygens (including phenoxy) is 1. The second-order valence-corrected chi connectivity index (χ2v) is 13.6. The number of hydrogen-bond donors (Lipinski definition) is 2. The van der Waals surface area contributed by atoms with Crippen LogP contribution in [0.25, 0.3) is 10.2 Å². The number of fused-ring (bicyclic) bond motifs is 2. The van der Waals surface area contributed by atoms with Crippen molar-refractivity contribution in [2.24, 2.45) is 0 Å². The van der Waals surface area contributed by atoms with Gasteiger partial charge in [0.1, 0.15) is 5.75 Å². The summed E-state index contributed by atoms with van der Waals surface area (Å²) in [6, 6.07) is 19.3. The lowest BCUT2D eigenvalue weighted by Crippen LogP contribution is -2.32. The highest BCUT2D eigenvalue weighted by molar-refractivity contribution is 7.22. The van der Waals surface area contributed by atoms with Crippen molar-refractivity contribution in [2.45, 2.75) is 32.4 Å². The number of aryl methyl sites for hydroxylation is 1. The quantitative estimate of drug-likeness (QED) is 0.146. The number of para-hydroxylation sites is 1. The van der Waals surface area contributed by atoms with E-state index in [1.807, 2.05) is 74.8 Å². The van der Waals surface area contributed by atoms with Gasteiger partial charge in [0, 0.05) is 30.1 Å². The summed E-state index contributed by atoms with van der Waals surface area (Å²) in [4.78, 5) is 39.4. The van der Waals surface area contributed by atoms with E-state index in [-0.39, 0.29) is 11.6 Å². The molecule has 1 aliphatic heterocycles. The number of aromatic nitrogens is 2. The van der Waals surface area contributed by atoms with Gasteiger partial charge in [0.15, 0.2) is 16.0 Å². The molecule has 232 valence electrons. The van der Waals surface area contributed by atoms with Gasteiger partial charge in [-0.2, -0.15) is 0 Å². The lowest BCUT2D eigenvalue weighted by molar-refractivity contribution is 0.0690. The summed E-state index contributed by atoms with van der Waals surface area (Å²) in [5, 5.41) is 14.6. The molecule has 6 rings (SSSR count). The van der Waals surface area contributed by atoms with Gasteiger partial charge in [-0.1, -0.05) is 53.3 Å². The molecule has 1 aliphatic rings. The van der Waals surface area contributed by atoms with Crippen molar-refractivity contribution in [3.05, 3.63) is 98.5 Å². The van der Waals surface area contributed by atoms with Crippen LogP contribution in [0.1, 0.15) is 48.8 Å². The van der Waals surface area contributed by atoms with Crippen molar-refractivity contribution < 1.29 is 19.4 Å². The van der Waals surface area contributed by atoms with Crippen LogP contribution in [-0.4, -0.2) is 59.1 Å². The van der Waals surface area contributed by atoms with Crippen LogP contribution >= 0.6 is 34.3 Å². The summed E-state index contributed by atoms with van der Waals surface area (Å²) >= 11 is 9.25. The van der Waals surface area contributed by atoms with Gasteiger partial charge in [0.05, 0.1) is 21.8 Å². The van der Waals surface area contributed by atoms with E-state index in [0.717, 1.165) is 39.9 Å². The third-order valence-electron chi connectivity index (χ3n) is 7.49. The zero-order chi connectivity index (χ0) is 31.5. The topological polar surface area (TPSA) is 108 Å². The molecule has 1 amide bonds. The number of hydrogen-bond acceptors (Lipinski definition) is 9. The van der Waals surface area contributed by atoms with Gasteiger partial charge in [-0.3, -0.25) is 10.1 Å². The molecule has 5 aromatic rings. The summed E-state index contributed by atoms with van der Waals surface area (Å²) in [7, 11) is 4.00. The first-order chi connectivity index (χ1) is 21.7. The van der Waals surface area contributed by atoms with E-state index in [2.05, 4.69) is 25.1 Å². The Hall–Kier alpha value is -4.03. The van der Waals surface area contributed by atoms with Crippen LogP contribution in [-0.2, 0) is 25.9 Å². The first-order valence-electron chi connectivity index (χ1n) is 14.6. The molecular formula is C33H32ClN5O4S2. The smallest absolute Gasteiger partial charge is 0.355 e. The standard InChI is InChI=1S/C33H32ClN5O4S2/c1-38(2)18-20-12-13-26(24(34)17-20)43-16-6-11-28-29(31(41)42)36-33(45-28)39-15-14-21-7-5-8-22(23(21)19-39)30(40)37-32-35-25-9-3-4-10-27(25)44-32/h3-5,7-10,12-13,17H,6,11,14-16,18-19H2,1-2H3,(H,41,42)(H,35,37,40). The maximum Gasteiger partial charge on any atom is 0.355 e. The summed E-state index contributed by atoms with van der Waals surface area (Å²) in [5.41, 5.74) is 4.60. The van der Waals surface area contributed by atoms with Crippen molar-refractivity contribution in [1.29, 1.82) is 0 Å². The summed E-state index contributed by atoms with van der Waals surface area (Å²) < 4.78 is 6.92. The largest absolute Gasteiger partial charge is 0.492 e.